The molecule has 8 heteroatoms. The molecular formula is C22H23ClN2O4S. The van der Waals surface area contributed by atoms with E-state index in [-0.39, 0.29) is 19.2 Å². The van der Waals surface area contributed by atoms with Gasteiger partial charge in [-0.1, -0.05) is 23.7 Å². The molecular weight excluding hydrogens is 424 g/mol. The number of ether oxygens (including phenoxy) is 2. The summed E-state index contributed by atoms with van der Waals surface area (Å²) >= 11 is 7.77. The molecule has 0 spiro atoms. The monoisotopic (exact) mass is 446 g/mol. The molecule has 2 aromatic rings. The first-order valence-electron chi connectivity index (χ1n) is 9.41. The molecule has 1 aliphatic heterocycles. The number of benzene rings is 2. The Morgan fingerprint density at radius 1 is 1.23 bits per heavy atom. The fourth-order valence-corrected chi connectivity index (χ4v) is 3.75. The summed E-state index contributed by atoms with van der Waals surface area (Å²) < 4.78 is 11.2. The van der Waals surface area contributed by atoms with Gasteiger partial charge in [0.15, 0.2) is 0 Å². The molecule has 3 rings (SSSR count). The minimum atomic E-state index is -0.691. The fourth-order valence-electron chi connectivity index (χ4n) is 3.14. The first-order chi connectivity index (χ1) is 14.4. The zero-order valence-electron chi connectivity index (χ0n) is 17.0. The molecule has 1 atom stereocenters. The maximum absolute atomic E-state index is 12.9. The van der Waals surface area contributed by atoms with Crippen molar-refractivity contribution < 1.29 is 19.1 Å². The van der Waals surface area contributed by atoms with E-state index >= 15 is 0 Å². The van der Waals surface area contributed by atoms with Crippen molar-refractivity contribution in [1.29, 1.82) is 0 Å². The van der Waals surface area contributed by atoms with Gasteiger partial charge in [0.2, 0.25) is 0 Å². The maximum atomic E-state index is 12.9. The van der Waals surface area contributed by atoms with Gasteiger partial charge in [-0.15, -0.1) is 11.8 Å². The molecule has 0 radical (unpaired) electrons. The van der Waals surface area contributed by atoms with Crippen molar-refractivity contribution >= 4 is 35.4 Å². The predicted molar refractivity (Wildman–Crippen MR) is 118 cm³/mol. The van der Waals surface area contributed by atoms with E-state index in [0.717, 1.165) is 4.90 Å². The minimum absolute atomic E-state index is 0.0355. The van der Waals surface area contributed by atoms with Gasteiger partial charge in [-0.05, 0) is 55.1 Å². The number of thioether (sulfide) groups is 1. The number of nitrogens with one attached hydrogen (secondary N) is 1. The number of rotatable bonds is 7. The zero-order chi connectivity index (χ0) is 21.7. The van der Waals surface area contributed by atoms with E-state index in [4.69, 9.17) is 21.1 Å². The second-order valence-electron chi connectivity index (χ2n) is 6.54. The highest BCUT2D eigenvalue weighted by atomic mass is 35.5. The van der Waals surface area contributed by atoms with Crippen LogP contribution in [0.15, 0.2) is 64.7 Å². The highest BCUT2D eigenvalue weighted by molar-refractivity contribution is 7.98. The average Bonchev–Trinajstić information content (AvgIpc) is 2.74. The number of urea groups is 1. The molecule has 1 aliphatic rings. The van der Waals surface area contributed by atoms with Gasteiger partial charge in [0, 0.05) is 17.0 Å². The Morgan fingerprint density at radius 3 is 2.60 bits per heavy atom. The molecule has 158 valence electrons. The van der Waals surface area contributed by atoms with Crippen molar-refractivity contribution in [2.24, 2.45) is 0 Å². The fraction of sp³-hybridized carbons (Fsp3) is 0.273. The van der Waals surface area contributed by atoms with Crippen LogP contribution in [-0.2, 0) is 9.53 Å². The van der Waals surface area contributed by atoms with E-state index in [1.165, 1.54) is 4.90 Å². The molecule has 30 heavy (non-hydrogen) atoms. The lowest BCUT2D eigenvalue weighted by atomic mass is 9.95. The Bertz CT molecular complexity index is 962. The Labute approximate surface area is 185 Å². The summed E-state index contributed by atoms with van der Waals surface area (Å²) in [5, 5.41) is 3.36. The summed E-state index contributed by atoms with van der Waals surface area (Å²) in [6.45, 7) is 1.99. The molecule has 0 unspecified atom stereocenters. The molecule has 1 heterocycles. The summed E-state index contributed by atoms with van der Waals surface area (Å²) in [5.74, 6) is 0.132. The van der Waals surface area contributed by atoms with Crippen LogP contribution in [-0.4, -0.2) is 43.4 Å². The topological polar surface area (TPSA) is 67.9 Å². The molecule has 0 aliphatic carbocycles. The predicted octanol–water partition coefficient (Wildman–Crippen LogP) is 4.65. The van der Waals surface area contributed by atoms with Gasteiger partial charge in [0.1, 0.15) is 12.4 Å². The normalized spacial score (nSPS) is 16.3. The maximum Gasteiger partial charge on any atom is 0.338 e. The number of likely N-dealkylation sites (N-methyl/N-ethyl adjacent to an activating group) is 1. The van der Waals surface area contributed by atoms with E-state index < -0.39 is 12.0 Å². The molecule has 0 fully saturated rings. The number of nitrogens with zero attached hydrogens (tertiary/aromatic N) is 1. The van der Waals surface area contributed by atoms with Crippen molar-refractivity contribution in [1.82, 2.24) is 10.2 Å². The third-order valence-corrected chi connectivity index (χ3v) is 5.67. The second-order valence-corrected chi connectivity index (χ2v) is 7.86. The largest absolute Gasteiger partial charge is 0.487 e. The third kappa shape index (κ3) is 4.91. The smallest absolute Gasteiger partial charge is 0.338 e. The van der Waals surface area contributed by atoms with Gasteiger partial charge in [-0.3, -0.25) is 4.90 Å². The standard InChI is InChI=1S/C22H23ClN2O4S/c1-4-28-21(26)19-18(13-29-16-8-10-17(30-3)11-9-16)25(2)22(27)24-20(19)14-6-5-7-15(23)12-14/h5-12,20H,4,13H2,1-3H3,(H,24,27)/t20-/m1/s1. The Balaban J connectivity index is 1.99. The van der Waals surface area contributed by atoms with Crippen LogP contribution >= 0.6 is 23.4 Å². The van der Waals surface area contributed by atoms with Gasteiger partial charge in [0.25, 0.3) is 0 Å². The molecule has 1 N–H and O–H groups in total. The van der Waals surface area contributed by atoms with Gasteiger partial charge in [-0.2, -0.15) is 0 Å². The Morgan fingerprint density at radius 2 is 1.97 bits per heavy atom. The second kappa shape index (κ2) is 9.91. The van der Waals surface area contributed by atoms with Crippen LogP contribution in [0.2, 0.25) is 5.02 Å². The lowest BCUT2D eigenvalue weighted by molar-refractivity contribution is -0.139. The van der Waals surface area contributed by atoms with Gasteiger partial charge < -0.3 is 14.8 Å². The van der Waals surface area contributed by atoms with Crippen LogP contribution < -0.4 is 10.1 Å². The first kappa shape index (κ1) is 22.1. The third-order valence-electron chi connectivity index (χ3n) is 4.69. The van der Waals surface area contributed by atoms with Crippen LogP contribution in [0, 0.1) is 0 Å². The summed E-state index contributed by atoms with van der Waals surface area (Å²) in [7, 11) is 1.60. The highest BCUT2D eigenvalue weighted by Crippen LogP contribution is 2.32. The number of amides is 2. The van der Waals surface area contributed by atoms with E-state index in [0.29, 0.717) is 27.6 Å². The molecule has 0 saturated carbocycles. The number of hydrogen-bond donors (Lipinski definition) is 1. The number of esters is 1. The molecule has 0 saturated heterocycles. The highest BCUT2D eigenvalue weighted by Gasteiger charge is 2.37. The van der Waals surface area contributed by atoms with Crippen molar-refractivity contribution in [2.75, 3.05) is 26.5 Å². The molecule has 0 aromatic heterocycles. The molecule has 6 nitrogen and oxygen atoms in total. The van der Waals surface area contributed by atoms with Crippen LogP contribution in [0.4, 0.5) is 4.79 Å². The molecule has 0 bridgehead atoms. The van der Waals surface area contributed by atoms with Crippen molar-refractivity contribution in [2.45, 2.75) is 17.9 Å². The lowest BCUT2D eigenvalue weighted by Gasteiger charge is -2.34. The summed E-state index contributed by atoms with van der Waals surface area (Å²) in [6.07, 6.45) is 2.00. The zero-order valence-corrected chi connectivity index (χ0v) is 18.5. The van der Waals surface area contributed by atoms with Gasteiger partial charge in [-0.25, -0.2) is 9.59 Å². The van der Waals surface area contributed by atoms with Gasteiger partial charge >= 0.3 is 12.0 Å². The van der Waals surface area contributed by atoms with Crippen molar-refractivity contribution in [3.05, 3.63) is 70.4 Å². The number of carbonyl (C=O) groups excluding carboxylic acids is 2. The van der Waals surface area contributed by atoms with Crippen LogP contribution in [0.1, 0.15) is 18.5 Å². The SMILES string of the molecule is CCOC(=O)C1=C(COc2ccc(SC)cc2)N(C)C(=O)N[C@@H]1c1cccc(Cl)c1. The van der Waals surface area contributed by atoms with E-state index in [2.05, 4.69) is 5.32 Å². The van der Waals surface area contributed by atoms with Crippen molar-refractivity contribution in [3.8, 4) is 5.75 Å². The van der Waals surface area contributed by atoms with Gasteiger partial charge in [0.05, 0.1) is 23.9 Å². The quantitative estimate of drug-likeness (QED) is 0.495. The summed E-state index contributed by atoms with van der Waals surface area (Å²) in [6, 6.07) is 13.6. The average molecular weight is 447 g/mol. The lowest BCUT2D eigenvalue weighted by Crippen LogP contribution is -2.48. The van der Waals surface area contributed by atoms with E-state index in [1.807, 2.05) is 30.5 Å². The van der Waals surface area contributed by atoms with Crippen LogP contribution in [0.5, 0.6) is 5.75 Å². The number of hydrogen-bond acceptors (Lipinski definition) is 5. The van der Waals surface area contributed by atoms with E-state index in [1.54, 1.807) is 50.0 Å². The van der Waals surface area contributed by atoms with Crippen LogP contribution in [0.3, 0.4) is 0 Å². The molecule has 2 amide bonds. The minimum Gasteiger partial charge on any atom is -0.487 e. The number of halogens is 1. The Kier molecular flexibility index (Phi) is 7.29. The summed E-state index contributed by atoms with van der Waals surface area (Å²) in [5.41, 5.74) is 1.45. The first-order valence-corrected chi connectivity index (χ1v) is 11.0. The Hall–Kier alpha value is -2.64. The van der Waals surface area contributed by atoms with E-state index in [9.17, 15) is 9.59 Å². The van der Waals surface area contributed by atoms with Crippen LogP contribution in [0.25, 0.3) is 0 Å². The summed E-state index contributed by atoms with van der Waals surface area (Å²) in [4.78, 5) is 28.0. The number of carbonyl (C=O) groups is 2. The van der Waals surface area contributed by atoms with Crippen molar-refractivity contribution in [3.63, 3.8) is 0 Å². The molecule has 2 aromatic carbocycles.